The maximum Gasteiger partial charge on any atom is 0.309 e. The molecular weight excluding hydrogens is 380 g/mol. The lowest BCUT2D eigenvalue weighted by atomic mass is 9.84. The van der Waals surface area contributed by atoms with Gasteiger partial charge in [0.1, 0.15) is 30.5 Å². The average Bonchev–Trinajstić information content (AvgIpc) is 2.96. The maximum absolute atomic E-state index is 12.1. The molecule has 3 aliphatic rings. The van der Waals surface area contributed by atoms with Crippen LogP contribution in [0.1, 0.15) is 39.5 Å². The van der Waals surface area contributed by atoms with Gasteiger partial charge in [0.2, 0.25) is 0 Å². The SMILES string of the molecule is C/C1=C/CC/C(CO[C@@H]2O[C@H](CO)[C@@H](O)[C@H](O)[C@@H]2O)=C\[C@H]2OC(=O)[C@H](C)[C@H]2CC1. The summed E-state index contributed by atoms with van der Waals surface area (Å²) in [7, 11) is 0. The Bertz CT molecular complexity index is 643. The van der Waals surface area contributed by atoms with Crippen LogP contribution in [0.15, 0.2) is 23.3 Å². The van der Waals surface area contributed by atoms with Crippen LogP contribution in [0.3, 0.4) is 0 Å². The summed E-state index contributed by atoms with van der Waals surface area (Å²) in [5, 5.41) is 39.2. The normalized spacial score (nSPS) is 44.8. The molecule has 0 saturated carbocycles. The molecule has 8 atom stereocenters. The molecule has 0 amide bonds. The number of allylic oxidation sites excluding steroid dienone is 2. The lowest BCUT2D eigenvalue weighted by molar-refractivity contribution is -0.299. The zero-order valence-electron chi connectivity index (χ0n) is 16.9. The second-order valence-corrected chi connectivity index (χ2v) is 8.32. The molecule has 3 rings (SSSR count). The first-order valence-electron chi connectivity index (χ1n) is 10.3. The molecule has 2 aliphatic heterocycles. The maximum atomic E-state index is 12.1. The highest BCUT2D eigenvalue weighted by atomic mass is 16.7. The zero-order valence-corrected chi connectivity index (χ0v) is 16.9. The summed E-state index contributed by atoms with van der Waals surface area (Å²) in [5.41, 5.74) is 2.19. The molecule has 1 aliphatic carbocycles. The van der Waals surface area contributed by atoms with Crippen LogP contribution in [0.25, 0.3) is 0 Å². The minimum atomic E-state index is -1.48. The molecule has 0 bridgehead atoms. The number of carbonyl (C=O) groups is 1. The lowest BCUT2D eigenvalue weighted by Gasteiger charge is -2.39. The standard InChI is InChI=1S/C21H32O8/c1-11-4-3-5-13(8-15-14(7-6-11)12(2)20(26)28-15)10-27-21-19(25)18(24)17(23)16(9-22)29-21/h4,8,12,14-19,21-25H,3,5-7,9-10H2,1-2H3/b11-4-,13-8+/t12-,14-,15-,16-,17-,18+,19+,21-/m1/s1. The van der Waals surface area contributed by atoms with Crippen molar-refractivity contribution < 1.29 is 39.4 Å². The molecule has 0 aromatic heterocycles. The Morgan fingerprint density at radius 1 is 1.17 bits per heavy atom. The van der Waals surface area contributed by atoms with E-state index in [4.69, 9.17) is 14.2 Å². The molecule has 2 heterocycles. The van der Waals surface area contributed by atoms with Crippen LogP contribution < -0.4 is 0 Å². The van der Waals surface area contributed by atoms with Crippen molar-refractivity contribution in [3.63, 3.8) is 0 Å². The van der Waals surface area contributed by atoms with Crippen LogP contribution in [-0.2, 0) is 19.0 Å². The average molecular weight is 412 g/mol. The van der Waals surface area contributed by atoms with Gasteiger partial charge in [-0.1, -0.05) is 18.6 Å². The van der Waals surface area contributed by atoms with E-state index in [0.29, 0.717) is 6.42 Å². The van der Waals surface area contributed by atoms with Crippen molar-refractivity contribution in [3.05, 3.63) is 23.3 Å². The molecule has 4 N–H and O–H groups in total. The van der Waals surface area contributed by atoms with Crippen molar-refractivity contribution in [2.75, 3.05) is 13.2 Å². The molecule has 8 nitrogen and oxygen atoms in total. The van der Waals surface area contributed by atoms with Gasteiger partial charge in [-0.2, -0.15) is 0 Å². The number of ether oxygens (including phenoxy) is 3. The Labute approximate surface area is 170 Å². The molecule has 0 spiro atoms. The summed E-state index contributed by atoms with van der Waals surface area (Å²) in [6.45, 7) is 3.60. The number of fused-ring (bicyclic) bond motifs is 1. The number of carbonyl (C=O) groups excluding carboxylic acids is 1. The fraction of sp³-hybridized carbons (Fsp3) is 0.762. The molecule has 2 fully saturated rings. The van der Waals surface area contributed by atoms with Gasteiger partial charge in [0.25, 0.3) is 0 Å². The Morgan fingerprint density at radius 3 is 2.66 bits per heavy atom. The quantitative estimate of drug-likeness (QED) is 0.387. The predicted octanol–water partition coefficient (Wildman–Crippen LogP) is 0.427. The fourth-order valence-electron chi connectivity index (χ4n) is 4.19. The fourth-order valence-corrected chi connectivity index (χ4v) is 4.19. The lowest BCUT2D eigenvalue weighted by Crippen LogP contribution is -2.59. The van der Waals surface area contributed by atoms with Gasteiger partial charge in [0, 0.05) is 5.92 Å². The summed E-state index contributed by atoms with van der Waals surface area (Å²) >= 11 is 0. The molecular formula is C21H32O8. The monoisotopic (exact) mass is 412 g/mol. The van der Waals surface area contributed by atoms with Crippen LogP contribution in [-0.4, -0.2) is 76.4 Å². The van der Waals surface area contributed by atoms with Gasteiger partial charge < -0.3 is 34.6 Å². The van der Waals surface area contributed by atoms with Gasteiger partial charge >= 0.3 is 5.97 Å². The summed E-state index contributed by atoms with van der Waals surface area (Å²) < 4.78 is 16.7. The number of aliphatic hydroxyl groups is 4. The van der Waals surface area contributed by atoms with E-state index in [2.05, 4.69) is 13.0 Å². The second kappa shape index (κ2) is 9.68. The minimum Gasteiger partial charge on any atom is -0.458 e. The number of hydrogen-bond acceptors (Lipinski definition) is 8. The van der Waals surface area contributed by atoms with Crippen molar-refractivity contribution in [3.8, 4) is 0 Å². The molecule has 0 unspecified atom stereocenters. The third-order valence-electron chi connectivity index (χ3n) is 6.20. The van der Waals surface area contributed by atoms with Crippen LogP contribution in [0, 0.1) is 11.8 Å². The Hall–Kier alpha value is -1.29. The minimum absolute atomic E-state index is 0.103. The zero-order chi connectivity index (χ0) is 21.1. The molecule has 2 saturated heterocycles. The van der Waals surface area contributed by atoms with E-state index in [1.54, 1.807) is 0 Å². The number of aliphatic hydroxyl groups excluding tert-OH is 4. The summed E-state index contributed by atoms with van der Waals surface area (Å²) in [6, 6.07) is 0. The first kappa shape index (κ1) is 22.4. The summed E-state index contributed by atoms with van der Waals surface area (Å²) in [6.07, 6.45) is 0.609. The summed E-state index contributed by atoms with van der Waals surface area (Å²) in [5.74, 6) is -0.242. The number of rotatable bonds is 4. The number of esters is 1. The first-order valence-corrected chi connectivity index (χ1v) is 10.3. The molecule has 0 radical (unpaired) electrons. The third-order valence-corrected chi connectivity index (χ3v) is 6.20. The van der Waals surface area contributed by atoms with Crippen molar-refractivity contribution in [2.24, 2.45) is 11.8 Å². The van der Waals surface area contributed by atoms with Crippen molar-refractivity contribution in [2.45, 2.75) is 76.3 Å². The highest BCUT2D eigenvalue weighted by Crippen LogP contribution is 2.35. The van der Waals surface area contributed by atoms with Crippen molar-refractivity contribution in [1.29, 1.82) is 0 Å². The van der Waals surface area contributed by atoms with Crippen molar-refractivity contribution in [1.82, 2.24) is 0 Å². The Kier molecular flexibility index (Phi) is 7.47. The molecule has 8 heteroatoms. The van der Waals surface area contributed by atoms with Gasteiger partial charge in [-0.3, -0.25) is 4.79 Å². The largest absolute Gasteiger partial charge is 0.458 e. The second-order valence-electron chi connectivity index (χ2n) is 8.32. The van der Waals surface area contributed by atoms with E-state index >= 15 is 0 Å². The highest BCUT2D eigenvalue weighted by Gasteiger charge is 2.44. The van der Waals surface area contributed by atoms with Crippen LogP contribution in [0.2, 0.25) is 0 Å². The van der Waals surface area contributed by atoms with Crippen molar-refractivity contribution >= 4 is 5.97 Å². The van der Waals surface area contributed by atoms with Crippen LogP contribution in [0.5, 0.6) is 0 Å². The predicted molar refractivity (Wildman–Crippen MR) is 103 cm³/mol. The first-order chi connectivity index (χ1) is 13.8. The number of hydrogen-bond donors (Lipinski definition) is 4. The molecule has 0 aromatic carbocycles. The van der Waals surface area contributed by atoms with Gasteiger partial charge in [-0.15, -0.1) is 0 Å². The van der Waals surface area contributed by atoms with Gasteiger partial charge in [-0.25, -0.2) is 0 Å². The molecule has 29 heavy (non-hydrogen) atoms. The highest BCUT2D eigenvalue weighted by molar-refractivity contribution is 5.75. The van der Waals surface area contributed by atoms with Gasteiger partial charge in [0.05, 0.1) is 19.1 Å². The molecule has 164 valence electrons. The van der Waals surface area contributed by atoms with Crippen LogP contribution >= 0.6 is 0 Å². The topological polar surface area (TPSA) is 126 Å². The van der Waals surface area contributed by atoms with E-state index in [1.807, 2.05) is 13.0 Å². The van der Waals surface area contributed by atoms with Crippen LogP contribution in [0.4, 0.5) is 0 Å². The van der Waals surface area contributed by atoms with E-state index in [-0.39, 0.29) is 30.5 Å². The van der Waals surface area contributed by atoms with E-state index < -0.39 is 37.3 Å². The van der Waals surface area contributed by atoms with Gasteiger partial charge in [-0.05, 0) is 44.3 Å². The molecule has 0 aromatic rings. The van der Waals surface area contributed by atoms with E-state index in [9.17, 15) is 25.2 Å². The Morgan fingerprint density at radius 2 is 1.93 bits per heavy atom. The third kappa shape index (κ3) is 5.07. The van der Waals surface area contributed by atoms with E-state index in [1.165, 1.54) is 5.57 Å². The summed E-state index contributed by atoms with van der Waals surface area (Å²) in [4.78, 5) is 12.1. The van der Waals surface area contributed by atoms with E-state index in [0.717, 1.165) is 24.8 Å². The van der Waals surface area contributed by atoms with Gasteiger partial charge in [0.15, 0.2) is 6.29 Å². The Balaban J connectivity index is 1.71. The smallest absolute Gasteiger partial charge is 0.309 e.